The first-order valence-electron chi connectivity index (χ1n) is 9.07. The van der Waals surface area contributed by atoms with Gasteiger partial charge in [0.15, 0.2) is 0 Å². The predicted molar refractivity (Wildman–Crippen MR) is 110 cm³/mol. The number of imide groups is 1. The molecule has 3 amide bonds. The molecule has 1 saturated carbocycles. The van der Waals surface area contributed by atoms with Crippen LogP contribution >= 0.6 is 24.2 Å². The van der Waals surface area contributed by atoms with E-state index in [2.05, 4.69) is 5.32 Å². The smallest absolute Gasteiger partial charge is 0.289 e. The molecule has 0 spiro atoms. The third-order valence-electron chi connectivity index (χ3n) is 5.30. The number of benzene rings is 1. The maximum atomic E-state index is 12.4. The van der Waals surface area contributed by atoms with Crippen LogP contribution in [0.4, 0.5) is 10.5 Å². The Labute approximate surface area is 170 Å². The summed E-state index contributed by atoms with van der Waals surface area (Å²) in [5.74, 6) is 0.0546. The van der Waals surface area contributed by atoms with Crippen molar-refractivity contribution in [3.8, 4) is 0 Å². The van der Waals surface area contributed by atoms with E-state index >= 15 is 0 Å². The zero-order chi connectivity index (χ0) is 18.6. The molecule has 3 rings (SSSR count). The number of carbonyl (C=O) groups excluding carboxylic acids is 3. The van der Waals surface area contributed by atoms with Gasteiger partial charge in [-0.15, -0.1) is 12.4 Å². The summed E-state index contributed by atoms with van der Waals surface area (Å²) in [5, 5.41) is 2.74. The zero-order valence-electron chi connectivity index (χ0n) is 15.2. The molecular formula is C19H26ClN3O3S. The molecule has 1 aromatic carbocycles. The summed E-state index contributed by atoms with van der Waals surface area (Å²) in [6.07, 6.45) is 6.01. The van der Waals surface area contributed by atoms with Crippen LogP contribution in [0.25, 0.3) is 0 Å². The van der Waals surface area contributed by atoms with Crippen molar-refractivity contribution in [3.63, 3.8) is 0 Å². The minimum absolute atomic E-state index is 0. The normalized spacial score (nSPS) is 18.9. The third-order valence-corrected chi connectivity index (χ3v) is 6.16. The van der Waals surface area contributed by atoms with Crippen LogP contribution in [0.1, 0.15) is 44.1 Å². The molecule has 27 heavy (non-hydrogen) atoms. The van der Waals surface area contributed by atoms with Gasteiger partial charge >= 0.3 is 0 Å². The van der Waals surface area contributed by atoms with Gasteiger partial charge < -0.3 is 11.1 Å². The average Bonchev–Trinajstić information content (AvgIpc) is 2.96. The van der Waals surface area contributed by atoms with Crippen LogP contribution in [0, 0.1) is 5.41 Å². The molecule has 2 fully saturated rings. The number of hydrogen-bond donors (Lipinski definition) is 2. The Balaban J connectivity index is 0.00000261. The number of anilines is 1. The van der Waals surface area contributed by atoms with E-state index in [9.17, 15) is 14.4 Å². The van der Waals surface area contributed by atoms with Gasteiger partial charge in [0, 0.05) is 12.1 Å². The first-order valence-corrected chi connectivity index (χ1v) is 10.1. The van der Waals surface area contributed by atoms with Crippen LogP contribution in [-0.4, -0.2) is 34.3 Å². The predicted octanol–water partition coefficient (Wildman–Crippen LogP) is 3.54. The van der Waals surface area contributed by atoms with E-state index in [1.165, 1.54) is 11.3 Å². The molecule has 2 aliphatic rings. The van der Waals surface area contributed by atoms with Crippen LogP contribution in [-0.2, 0) is 16.1 Å². The molecule has 1 saturated heterocycles. The lowest BCUT2D eigenvalue weighted by molar-refractivity contribution is -0.125. The minimum Gasteiger partial charge on any atom is -0.330 e. The van der Waals surface area contributed by atoms with E-state index in [0.717, 1.165) is 48.7 Å². The summed E-state index contributed by atoms with van der Waals surface area (Å²) >= 11 is 1.03. The molecule has 1 heterocycles. The van der Waals surface area contributed by atoms with Gasteiger partial charge in [-0.25, -0.2) is 0 Å². The number of nitrogens with two attached hydrogens (primary N) is 1. The standard InChI is InChI=1S/C19H25N3O3S.ClH/c20-13-19(8-2-1-3-9-19)10-16(23)21-15-6-4-14(5-7-15)11-22-17(24)12-26-18(22)25;/h4-7H,1-3,8-13,20H2,(H,21,23);1H. The molecule has 0 aromatic heterocycles. The average molecular weight is 412 g/mol. The summed E-state index contributed by atoms with van der Waals surface area (Å²) in [6.45, 7) is 0.824. The lowest BCUT2D eigenvalue weighted by Gasteiger charge is -2.35. The Hall–Kier alpha value is -1.57. The second-order valence-electron chi connectivity index (χ2n) is 7.22. The highest BCUT2D eigenvalue weighted by Crippen LogP contribution is 2.38. The first kappa shape index (κ1) is 21.7. The molecule has 1 aromatic rings. The Kier molecular flexibility index (Phi) is 7.70. The molecule has 1 aliphatic heterocycles. The Bertz CT molecular complexity index is 674. The molecule has 0 atom stereocenters. The summed E-state index contributed by atoms with van der Waals surface area (Å²) in [6, 6.07) is 7.28. The number of carbonyl (C=O) groups is 3. The second kappa shape index (κ2) is 9.57. The largest absolute Gasteiger partial charge is 0.330 e. The Morgan fingerprint density at radius 2 is 1.81 bits per heavy atom. The van der Waals surface area contributed by atoms with E-state index in [1.54, 1.807) is 12.1 Å². The molecule has 0 bridgehead atoms. The van der Waals surface area contributed by atoms with Gasteiger partial charge in [-0.2, -0.15) is 0 Å². The van der Waals surface area contributed by atoms with Crippen molar-refractivity contribution in [1.82, 2.24) is 4.90 Å². The van der Waals surface area contributed by atoms with Gasteiger partial charge in [0.25, 0.3) is 5.24 Å². The van der Waals surface area contributed by atoms with Crippen molar-refractivity contribution in [2.24, 2.45) is 11.1 Å². The lowest BCUT2D eigenvalue weighted by Crippen LogP contribution is -2.36. The molecule has 148 valence electrons. The molecular weight excluding hydrogens is 386 g/mol. The van der Waals surface area contributed by atoms with Gasteiger partial charge in [-0.1, -0.05) is 43.2 Å². The zero-order valence-corrected chi connectivity index (χ0v) is 16.9. The van der Waals surface area contributed by atoms with Gasteiger partial charge in [0.1, 0.15) is 0 Å². The summed E-state index contributed by atoms with van der Waals surface area (Å²) < 4.78 is 0. The fraction of sp³-hybridized carbons (Fsp3) is 0.526. The number of nitrogens with zero attached hydrogens (tertiary/aromatic N) is 1. The summed E-state index contributed by atoms with van der Waals surface area (Å²) in [5.41, 5.74) is 7.48. The second-order valence-corrected chi connectivity index (χ2v) is 8.15. The Morgan fingerprint density at radius 3 is 2.37 bits per heavy atom. The van der Waals surface area contributed by atoms with Crippen LogP contribution in [0.2, 0.25) is 0 Å². The summed E-state index contributed by atoms with van der Waals surface area (Å²) in [4.78, 5) is 37.0. The van der Waals surface area contributed by atoms with Crippen molar-refractivity contribution >= 4 is 46.9 Å². The number of nitrogens with one attached hydrogen (secondary N) is 1. The summed E-state index contributed by atoms with van der Waals surface area (Å²) in [7, 11) is 0. The Morgan fingerprint density at radius 1 is 1.15 bits per heavy atom. The van der Waals surface area contributed by atoms with E-state index in [4.69, 9.17) is 5.73 Å². The highest BCUT2D eigenvalue weighted by atomic mass is 35.5. The van der Waals surface area contributed by atoms with Crippen LogP contribution < -0.4 is 11.1 Å². The van der Waals surface area contributed by atoms with Gasteiger partial charge in [-0.05, 0) is 42.5 Å². The van der Waals surface area contributed by atoms with Crippen molar-refractivity contribution in [3.05, 3.63) is 29.8 Å². The van der Waals surface area contributed by atoms with Crippen molar-refractivity contribution in [2.75, 3.05) is 17.6 Å². The molecule has 0 radical (unpaired) electrons. The van der Waals surface area contributed by atoms with Gasteiger partial charge in [0.05, 0.1) is 12.3 Å². The number of thioether (sulfide) groups is 1. The maximum absolute atomic E-state index is 12.4. The quantitative estimate of drug-likeness (QED) is 0.746. The number of rotatable bonds is 6. The SMILES string of the molecule is Cl.NCC1(CC(=O)Nc2ccc(CN3C(=O)CSC3=O)cc2)CCCCC1. The minimum atomic E-state index is -0.202. The highest BCUT2D eigenvalue weighted by molar-refractivity contribution is 8.14. The van der Waals surface area contributed by atoms with Gasteiger partial charge in [0.2, 0.25) is 11.8 Å². The van der Waals surface area contributed by atoms with Crippen LogP contribution in [0.15, 0.2) is 24.3 Å². The van der Waals surface area contributed by atoms with Crippen molar-refractivity contribution in [1.29, 1.82) is 0 Å². The van der Waals surface area contributed by atoms with Crippen molar-refractivity contribution < 1.29 is 14.4 Å². The van der Waals surface area contributed by atoms with E-state index in [1.807, 2.05) is 12.1 Å². The molecule has 6 nitrogen and oxygen atoms in total. The van der Waals surface area contributed by atoms with Gasteiger partial charge in [-0.3, -0.25) is 19.3 Å². The first-order chi connectivity index (χ1) is 12.5. The topological polar surface area (TPSA) is 92.5 Å². The van der Waals surface area contributed by atoms with E-state index in [0.29, 0.717) is 13.0 Å². The monoisotopic (exact) mass is 411 g/mol. The molecule has 1 aliphatic carbocycles. The van der Waals surface area contributed by atoms with Crippen molar-refractivity contribution in [2.45, 2.75) is 45.1 Å². The number of hydrogen-bond acceptors (Lipinski definition) is 5. The van der Waals surface area contributed by atoms with Crippen LogP contribution in [0.3, 0.4) is 0 Å². The fourth-order valence-electron chi connectivity index (χ4n) is 3.71. The maximum Gasteiger partial charge on any atom is 0.289 e. The highest BCUT2D eigenvalue weighted by Gasteiger charge is 2.33. The molecule has 0 unspecified atom stereocenters. The third kappa shape index (κ3) is 5.46. The van der Waals surface area contributed by atoms with E-state index in [-0.39, 0.29) is 47.2 Å². The number of amides is 3. The number of halogens is 1. The van der Waals surface area contributed by atoms with E-state index < -0.39 is 0 Å². The fourth-order valence-corrected chi connectivity index (χ4v) is 4.44. The van der Waals surface area contributed by atoms with Crippen LogP contribution in [0.5, 0.6) is 0 Å². The lowest BCUT2D eigenvalue weighted by atomic mass is 9.71. The molecule has 8 heteroatoms. The molecule has 3 N–H and O–H groups in total.